The maximum atomic E-state index is 5.39. The van der Waals surface area contributed by atoms with Gasteiger partial charge in [0.05, 0.1) is 6.26 Å². The Morgan fingerprint density at radius 3 is 2.79 bits per heavy atom. The highest BCUT2D eigenvalue weighted by Gasteiger charge is 2.19. The van der Waals surface area contributed by atoms with Gasteiger partial charge >= 0.3 is 0 Å². The van der Waals surface area contributed by atoms with Crippen LogP contribution in [0.15, 0.2) is 27.8 Å². The lowest BCUT2D eigenvalue weighted by Gasteiger charge is -2.33. The van der Waals surface area contributed by atoms with Crippen LogP contribution >= 0.6 is 0 Å². The summed E-state index contributed by atoms with van der Waals surface area (Å²) < 4.78 is 5.39. The quantitative estimate of drug-likeness (QED) is 0.567. The van der Waals surface area contributed by atoms with E-state index in [1.165, 1.54) is 38.9 Å². The predicted molar refractivity (Wildman–Crippen MR) is 100 cm³/mol. The van der Waals surface area contributed by atoms with Crippen LogP contribution < -0.4 is 10.6 Å². The van der Waals surface area contributed by atoms with Gasteiger partial charge in [-0.3, -0.25) is 4.99 Å². The highest BCUT2D eigenvalue weighted by Crippen LogP contribution is 2.10. The number of nitrogens with zero attached hydrogens (tertiary/aromatic N) is 2. The highest BCUT2D eigenvalue weighted by molar-refractivity contribution is 5.80. The van der Waals surface area contributed by atoms with E-state index >= 15 is 0 Å². The fourth-order valence-electron chi connectivity index (χ4n) is 3.01. The zero-order chi connectivity index (χ0) is 17.2. The van der Waals surface area contributed by atoms with Crippen molar-refractivity contribution in [1.29, 1.82) is 0 Å². The predicted octanol–water partition coefficient (Wildman–Crippen LogP) is 3.03. The van der Waals surface area contributed by atoms with Gasteiger partial charge in [0.15, 0.2) is 5.96 Å². The first kappa shape index (κ1) is 18.8. The minimum Gasteiger partial charge on any atom is -0.469 e. The highest BCUT2D eigenvalue weighted by atomic mass is 16.3. The Morgan fingerprint density at radius 1 is 1.38 bits per heavy atom. The summed E-state index contributed by atoms with van der Waals surface area (Å²) in [6.07, 6.45) is 7.29. The first-order valence-electron chi connectivity index (χ1n) is 9.53. The lowest BCUT2D eigenvalue weighted by molar-refractivity contribution is 0.206. The van der Waals surface area contributed by atoms with Crippen molar-refractivity contribution in [3.8, 4) is 0 Å². The smallest absolute Gasteiger partial charge is 0.191 e. The number of piperidine rings is 1. The minimum absolute atomic E-state index is 0.431. The molecule has 1 aliphatic heterocycles. The van der Waals surface area contributed by atoms with Crippen molar-refractivity contribution in [2.75, 3.05) is 26.2 Å². The van der Waals surface area contributed by atoms with Crippen molar-refractivity contribution in [2.24, 2.45) is 4.99 Å². The molecule has 0 bridgehead atoms. The van der Waals surface area contributed by atoms with E-state index in [1.54, 1.807) is 6.26 Å². The third-order valence-electron chi connectivity index (χ3n) is 4.67. The molecule has 0 spiro atoms. The Hall–Kier alpha value is -1.49. The SMILES string of the molecule is CCCN1CCC(NC(=NCCc2ccco2)NC(C)CC)CC1. The molecule has 24 heavy (non-hydrogen) atoms. The van der Waals surface area contributed by atoms with Crippen LogP contribution in [0.5, 0.6) is 0 Å². The molecule has 2 rings (SSSR count). The van der Waals surface area contributed by atoms with E-state index in [0.717, 1.165) is 31.1 Å². The number of hydrogen-bond donors (Lipinski definition) is 2. The van der Waals surface area contributed by atoms with Crippen LogP contribution in [-0.4, -0.2) is 49.1 Å². The second-order valence-corrected chi connectivity index (χ2v) is 6.77. The van der Waals surface area contributed by atoms with Crippen LogP contribution in [0.3, 0.4) is 0 Å². The average molecular weight is 335 g/mol. The largest absolute Gasteiger partial charge is 0.469 e. The van der Waals surface area contributed by atoms with Crippen LogP contribution in [0.2, 0.25) is 0 Å². The van der Waals surface area contributed by atoms with Crippen molar-refractivity contribution in [1.82, 2.24) is 15.5 Å². The van der Waals surface area contributed by atoms with Gasteiger partial charge in [-0.2, -0.15) is 0 Å². The third-order valence-corrected chi connectivity index (χ3v) is 4.67. The number of likely N-dealkylation sites (tertiary alicyclic amines) is 1. The van der Waals surface area contributed by atoms with Gasteiger partial charge in [0.1, 0.15) is 5.76 Å². The molecule has 1 atom stereocenters. The van der Waals surface area contributed by atoms with E-state index in [1.807, 2.05) is 12.1 Å². The normalized spacial score (nSPS) is 18.5. The third kappa shape index (κ3) is 6.56. The Labute approximate surface area is 146 Å². The summed E-state index contributed by atoms with van der Waals surface area (Å²) in [6, 6.07) is 4.89. The topological polar surface area (TPSA) is 52.8 Å². The molecule has 1 aromatic rings. The number of guanidine groups is 1. The molecule has 5 heteroatoms. The van der Waals surface area contributed by atoms with Crippen molar-refractivity contribution in [3.63, 3.8) is 0 Å². The molecule has 1 fully saturated rings. The Balaban J connectivity index is 1.83. The van der Waals surface area contributed by atoms with E-state index in [2.05, 4.69) is 36.3 Å². The molecule has 136 valence electrons. The molecule has 0 aliphatic carbocycles. The molecule has 1 aromatic heterocycles. The van der Waals surface area contributed by atoms with Gasteiger partial charge in [0.25, 0.3) is 0 Å². The fourth-order valence-corrected chi connectivity index (χ4v) is 3.01. The zero-order valence-corrected chi connectivity index (χ0v) is 15.6. The molecule has 1 aliphatic rings. The van der Waals surface area contributed by atoms with Crippen LogP contribution in [0.25, 0.3) is 0 Å². The molecule has 0 saturated carbocycles. The number of aliphatic imine (C=N–C) groups is 1. The lowest BCUT2D eigenvalue weighted by atomic mass is 10.1. The molecular weight excluding hydrogens is 300 g/mol. The van der Waals surface area contributed by atoms with Crippen molar-refractivity contribution >= 4 is 5.96 Å². The Bertz CT molecular complexity index is 464. The van der Waals surface area contributed by atoms with Gasteiger partial charge in [-0.15, -0.1) is 0 Å². The number of rotatable bonds is 8. The van der Waals surface area contributed by atoms with E-state index in [9.17, 15) is 0 Å². The van der Waals surface area contributed by atoms with Crippen molar-refractivity contribution in [3.05, 3.63) is 24.2 Å². The summed E-state index contributed by atoms with van der Waals surface area (Å²) >= 11 is 0. The van der Waals surface area contributed by atoms with Crippen LogP contribution in [-0.2, 0) is 6.42 Å². The molecule has 0 radical (unpaired) electrons. The fraction of sp³-hybridized carbons (Fsp3) is 0.737. The summed E-state index contributed by atoms with van der Waals surface area (Å²) in [5.41, 5.74) is 0. The van der Waals surface area contributed by atoms with Gasteiger partial charge in [-0.1, -0.05) is 13.8 Å². The molecule has 1 saturated heterocycles. The summed E-state index contributed by atoms with van der Waals surface area (Å²) in [6.45, 7) is 11.0. The van der Waals surface area contributed by atoms with Gasteiger partial charge in [-0.05, 0) is 51.3 Å². The van der Waals surface area contributed by atoms with E-state index < -0.39 is 0 Å². The summed E-state index contributed by atoms with van der Waals surface area (Å²) in [5, 5.41) is 7.17. The van der Waals surface area contributed by atoms with Gasteiger partial charge in [0.2, 0.25) is 0 Å². The van der Waals surface area contributed by atoms with E-state index in [0.29, 0.717) is 12.1 Å². The second-order valence-electron chi connectivity index (χ2n) is 6.77. The standard InChI is InChI=1S/C19H34N4O/c1-4-12-23-13-9-17(10-14-23)22-19(21-16(3)5-2)20-11-8-18-7-6-15-24-18/h6-7,15-17H,4-5,8-14H2,1-3H3,(H2,20,21,22). The van der Waals surface area contributed by atoms with Crippen molar-refractivity contribution < 1.29 is 4.42 Å². The maximum Gasteiger partial charge on any atom is 0.191 e. The summed E-state index contributed by atoms with van der Waals surface area (Å²) in [5.74, 6) is 1.94. The molecule has 0 amide bonds. The maximum absolute atomic E-state index is 5.39. The molecule has 2 heterocycles. The number of nitrogens with one attached hydrogen (secondary N) is 2. The lowest BCUT2D eigenvalue weighted by Crippen LogP contribution is -2.50. The minimum atomic E-state index is 0.431. The first-order valence-corrected chi connectivity index (χ1v) is 9.53. The first-order chi connectivity index (χ1) is 11.7. The average Bonchev–Trinajstić information content (AvgIpc) is 3.10. The van der Waals surface area contributed by atoms with Gasteiger partial charge < -0.3 is 20.0 Å². The number of hydrogen-bond acceptors (Lipinski definition) is 3. The molecule has 0 aromatic carbocycles. The molecule has 2 N–H and O–H groups in total. The van der Waals surface area contributed by atoms with E-state index in [4.69, 9.17) is 9.41 Å². The molecular formula is C19H34N4O. The zero-order valence-electron chi connectivity index (χ0n) is 15.6. The molecule has 1 unspecified atom stereocenters. The summed E-state index contributed by atoms with van der Waals surface area (Å²) in [7, 11) is 0. The monoisotopic (exact) mass is 334 g/mol. The van der Waals surface area contributed by atoms with E-state index in [-0.39, 0.29) is 0 Å². The Kier molecular flexibility index (Phi) is 8.16. The van der Waals surface area contributed by atoms with Crippen LogP contribution in [0.4, 0.5) is 0 Å². The summed E-state index contributed by atoms with van der Waals surface area (Å²) in [4.78, 5) is 7.32. The van der Waals surface area contributed by atoms with Crippen molar-refractivity contribution in [2.45, 2.75) is 65.0 Å². The molecule has 5 nitrogen and oxygen atoms in total. The second kappa shape index (κ2) is 10.4. The van der Waals surface area contributed by atoms with Gasteiger partial charge in [0, 0.05) is 38.1 Å². The van der Waals surface area contributed by atoms with Crippen LogP contribution in [0.1, 0.15) is 52.2 Å². The van der Waals surface area contributed by atoms with Gasteiger partial charge in [-0.25, -0.2) is 0 Å². The number of furan rings is 1. The Morgan fingerprint density at radius 2 is 2.17 bits per heavy atom. The van der Waals surface area contributed by atoms with Crippen LogP contribution in [0, 0.1) is 0 Å².